The number of carbonyl (C=O) groups excluding carboxylic acids is 1. The van der Waals surface area contributed by atoms with Crippen LogP contribution in [0.3, 0.4) is 0 Å². The van der Waals surface area contributed by atoms with Gasteiger partial charge in [0.1, 0.15) is 5.82 Å². The summed E-state index contributed by atoms with van der Waals surface area (Å²) in [6.07, 6.45) is 9.20. The lowest BCUT2D eigenvalue weighted by molar-refractivity contribution is 0.0663. The SMILES string of the molecule is Cc1cncc(C(=O)N2CCC3(CCc4c3nc(C3CC3)[nH]c4=O)CC2)c1. The number of rotatable bonds is 2. The predicted molar refractivity (Wildman–Crippen MR) is 101 cm³/mol. The number of hydrogen-bond donors (Lipinski definition) is 1. The van der Waals surface area contributed by atoms with Gasteiger partial charge in [0.15, 0.2) is 0 Å². The highest BCUT2D eigenvalue weighted by Gasteiger charge is 2.45. The van der Waals surface area contributed by atoms with Crippen LogP contribution in [0.1, 0.15) is 71.0 Å². The largest absolute Gasteiger partial charge is 0.339 e. The van der Waals surface area contributed by atoms with E-state index in [-0.39, 0.29) is 16.9 Å². The number of fused-ring (bicyclic) bond motifs is 2. The minimum Gasteiger partial charge on any atom is -0.339 e. The Morgan fingerprint density at radius 2 is 2.00 bits per heavy atom. The summed E-state index contributed by atoms with van der Waals surface area (Å²) >= 11 is 0. The zero-order valence-electron chi connectivity index (χ0n) is 15.6. The highest BCUT2D eigenvalue weighted by atomic mass is 16.2. The molecular formula is C21H24N4O2. The van der Waals surface area contributed by atoms with Crippen LogP contribution in [0.15, 0.2) is 23.3 Å². The number of pyridine rings is 1. The summed E-state index contributed by atoms with van der Waals surface area (Å²) in [5.41, 5.74) is 3.58. The number of likely N-dealkylation sites (tertiary alicyclic amines) is 1. The number of piperidine rings is 1. The first kappa shape index (κ1) is 16.7. The fraction of sp³-hybridized carbons (Fsp3) is 0.524. The molecule has 2 aromatic rings. The van der Waals surface area contributed by atoms with Crippen LogP contribution in [-0.4, -0.2) is 38.8 Å². The summed E-state index contributed by atoms with van der Waals surface area (Å²) in [4.78, 5) is 39.3. The molecule has 0 aromatic carbocycles. The third kappa shape index (κ3) is 2.78. The lowest BCUT2D eigenvalue weighted by atomic mass is 9.76. The van der Waals surface area contributed by atoms with Gasteiger partial charge in [-0.1, -0.05) is 0 Å². The molecule has 1 saturated carbocycles. The van der Waals surface area contributed by atoms with Gasteiger partial charge in [-0.05, 0) is 57.1 Å². The molecule has 1 aliphatic heterocycles. The number of amides is 1. The predicted octanol–water partition coefficient (Wildman–Crippen LogP) is 2.47. The quantitative estimate of drug-likeness (QED) is 0.888. The third-order valence-corrected chi connectivity index (χ3v) is 6.48. The molecule has 5 rings (SSSR count). The maximum absolute atomic E-state index is 12.8. The van der Waals surface area contributed by atoms with Gasteiger partial charge in [0.2, 0.25) is 0 Å². The highest BCUT2D eigenvalue weighted by Crippen LogP contribution is 2.46. The summed E-state index contributed by atoms with van der Waals surface area (Å²) in [5.74, 6) is 1.37. The Kier molecular flexibility index (Phi) is 3.71. The van der Waals surface area contributed by atoms with E-state index in [0.29, 0.717) is 24.6 Å². The van der Waals surface area contributed by atoms with Gasteiger partial charge in [-0.15, -0.1) is 0 Å². The lowest BCUT2D eigenvalue weighted by Crippen LogP contribution is -2.45. The Bertz CT molecular complexity index is 968. The minimum atomic E-state index is -0.0329. The molecule has 2 aliphatic carbocycles. The summed E-state index contributed by atoms with van der Waals surface area (Å²) in [6.45, 7) is 3.37. The average Bonchev–Trinajstić information content (AvgIpc) is 3.47. The van der Waals surface area contributed by atoms with Crippen LogP contribution >= 0.6 is 0 Å². The minimum absolute atomic E-state index is 0.0329. The second-order valence-electron chi connectivity index (χ2n) is 8.38. The lowest BCUT2D eigenvalue weighted by Gasteiger charge is -2.39. The molecule has 0 bridgehead atoms. The molecule has 1 N–H and O–H groups in total. The number of H-pyrrole nitrogens is 1. The van der Waals surface area contributed by atoms with Gasteiger partial charge < -0.3 is 9.88 Å². The van der Waals surface area contributed by atoms with E-state index in [9.17, 15) is 9.59 Å². The van der Waals surface area contributed by atoms with Crippen molar-refractivity contribution in [1.29, 1.82) is 0 Å². The number of aromatic amines is 1. The van der Waals surface area contributed by atoms with E-state index in [4.69, 9.17) is 4.98 Å². The Morgan fingerprint density at radius 1 is 1.22 bits per heavy atom. The number of carbonyl (C=O) groups is 1. The standard InChI is InChI=1S/C21H24N4O2/c1-13-10-15(12-22-11-13)20(27)25-8-6-21(7-9-25)5-4-16-17(21)23-18(14-2-3-14)24-19(16)26/h10-12,14H,2-9H2,1H3,(H,23,24,26). The van der Waals surface area contributed by atoms with E-state index in [1.54, 1.807) is 12.4 Å². The van der Waals surface area contributed by atoms with Crippen molar-refractivity contribution in [2.75, 3.05) is 13.1 Å². The molecule has 1 amide bonds. The Morgan fingerprint density at radius 3 is 2.70 bits per heavy atom. The molecule has 3 aliphatic rings. The second-order valence-corrected chi connectivity index (χ2v) is 8.38. The molecule has 2 fully saturated rings. The van der Waals surface area contributed by atoms with Crippen molar-refractivity contribution in [3.05, 3.63) is 57.0 Å². The number of nitrogens with one attached hydrogen (secondary N) is 1. The molecule has 0 radical (unpaired) electrons. The fourth-order valence-corrected chi connectivity index (χ4v) is 4.70. The number of nitrogens with zero attached hydrogens (tertiary/aromatic N) is 3. The van der Waals surface area contributed by atoms with E-state index in [1.807, 2.05) is 17.9 Å². The topological polar surface area (TPSA) is 79.0 Å². The Hall–Kier alpha value is -2.50. The van der Waals surface area contributed by atoms with E-state index < -0.39 is 0 Å². The maximum Gasteiger partial charge on any atom is 0.255 e. The molecule has 1 spiro atoms. The van der Waals surface area contributed by atoms with Crippen LogP contribution in [0.2, 0.25) is 0 Å². The molecule has 6 nitrogen and oxygen atoms in total. The van der Waals surface area contributed by atoms with E-state index in [2.05, 4.69) is 9.97 Å². The van der Waals surface area contributed by atoms with Crippen LogP contribution < -0.4 is 5.56 Å². The number of hydrogen-bond acceptors (Lipinski definition) is 4. The van der Waals surface area contributed by atoms with Crippen molar-refractivity contribution in [1.82, 2.24) is 19.9 Å². The number of aromatic nitrogens is 3. The summed E-state index contributed by atoms with van der Waals surface area (Å²) < 4.78 is 0. The van der Waals surface area contributed by atoms with Crippen molar-refractivity contribution < 1.29 is 4.79 Å². The van der Waals surface area contributed by atoms with E-state index >= 15 is 0 Å². The molecule has 1 saturated heterocycles. The zero-order valence-corrected chi connectivity index (χ0v) is 15.6. The van der Waals surface area contributed by atoms with E-state index in [0.717, 1.165) is 61.2 Å². The maximum atomic E-state index is 12.8. The third-order valence-electron chi connectivity index (χ3n) is 6.48. The molecule has 0 unspecified atom stereocenters. The summed E-state index contributed by atoms with van der Waals surface area (Å²) in [7, 11) is 0. The monoisotopic (exact) mass is 364 g/mol. The summed E-state index contributed by atoms with van der Waals surface area (Å²) in [6, 6.07) is 1.90. The van der Waals surface area contributed by atoms with Gasteiger partial charge in [-0.3, -0.25) is 14.6 Å². The fourth-order valence-electron chi connectivity index (χ4n) is 4.70. The van der Waals surface area contributed by atoms with Crippen LogP contribution in [0.5, 0.6) is 0 Å². The second kappa shape index (κ2) is 6.01. The highest BCUT2D eigenvalue weighted by molar-refractivity contribution is 5.94. The first-order valence-electron chi connectivity index (χ1n) is 9.90. The van der Waals surface area contributed by atoms with Gasteiger partial charge >= 0.3 is 0 Å². The molecule has 140 valence electrons. The number of aryl methyl sites for hydroxylation is 1. The van der Waals surface area contributed by atoms with Crippen molar-refractivity contribution in [2.24, 2.45) is 0 Å². The Balaban J connectivity index is 1.38. The normalized spacial score (nSPS) is 20.7. The average molecular weight is 364 g/mol. The van der Waals surface area contributed by atoms with Crippen LogP contribution in [-0.2, 0) is 11.8 Å². The van der Waals surface area contributed by atoms with Gasteiger partial charge in [0.25, 0.3) is 11.5 Å². The van der Waals surface area contributed by atoms with E-state index in [1.165, 1.54) is 0 Å². The van der Waals surface area contributed by atoms with Crippen LogP contribution in [0.25, 0.3) is 0 Å². The van der Waals surface area contributed by atoms with Crippen molar-refractivity contribution in [3.63, 3.8) is 0 Å². The van der Waals surface area contributed by atoms with Gasteiger partial charge in [0.05, 0.1) is 11.3 Å². The van der Waals surface area contributed by atoms with Crippen LogP contribution in [0, 0.1) is 6.92 Å². The summed E-state index contributed by atoms with van der Waals surface area (Å²) in [5, 5.41) is 0. The molecule has 3 heterocycles. The first-order chi connectivity index (χ1) is 13.1. The van der Waals surface area contributed by atoms with Gasteiger partial charge in [0, 0.05) is 42.4 Å². The van der Waals surface area contributed by atoms with Gasteiger partial charge in [-0.25, -0.2) is 4.98 Å². The van der Waals surface area contributed by atoms with Gasteiger partial charge in [-0.2, -0.15) is 0 Å². The smallest absolute Gasteiger partial charge is 0.255 e. The molecule has 6 heteroatoms. The molecule has 0 atom stereocenters. The van der Waals surface area contributed by atoms with Crippen LogP contribution in [0.4, 0.5) is 0 Å². The zero-order chi connectivity index (χ0) is 18.6. The Labute approximate surface area is 158 Å². The molecule has 27 heavy (non-hydrogen) atoms. The first-order valence-corrected chi connectivity index (χ1v) is 9.90. The van der Waals surface area contributed by atoms with Crippen molar-refractivity contribution in [3.8, 4) is 0 Å². The van der Waals surface area contributed by atoms with Crippen molar-refractivity contribution in [2.45, 2.75) is 56.8 Å². The molecular weight excluding hydrogens is 340 g/mol. The molecule has 2 aromatic heterocycles. The van der Waals surface area contributed by atoms with Crippen molar-refractivity contribution >= 4 is 5.91 Å².